The highest BCUT2D eigenvalue weighted by Gasteiger charge is 2.32. The smallest absolute Gasteiger partial charge is 0.247 e. The summed E-state index contributed by atoms with van der Waals surface area (Å²) in [6, 6.07) is 6.42. The molecule has 132 valence electrons. The van der Waals surface area contributed by atoms with Gasteiger partial charge < -0.3 is 9.64 Å². The van der Waals surface area contributed by atoms with Gasteiger partial charge in [0.25, 0.3) is 0 Å². The molecule has 1 aliphatic rings. The summed E-state index contributed by atoms with van der Waals surface area (Å²) < 4.78 is 31.6. The molecule has 1 aromatic carbocycles. The lowest BCUT2D eigenvalue weighted by Crippen LogP contribution is -2.55. The van der Waals surface area contributed by atoms with Gasteiger partial charge in [0.2, 0.25) is 15.9 Å². The minimum absolute atomic E-state index is 0.0763. The van der Waals surface area contributed by atoms with E-state index in [-0.39, 0.29) is 16.3 Å². The van der Waals surface area contributed by atoms with Crippen molar-refractivity contribution in [3.05, 3.63) is 35.9 Å². The molecular weight excluding hydrogens is 328 g/mol. The van der Waals surface area contributed by atoms with Gasteiger partial charge in [0.1, 0.15) is 0 Å². The van der Waals surface area contributed by atoms with Crippen molar-refractivity contribution >= 4 is 22.0 Å². The van der Waals surface area contributed by atoms with E-state index in [0.717, 1.165) is 5.56 Å². The number of rotatable bonds is 5. The van der Waals surface area contributed by atoms with Crippen molar-refractivity contribution < 1.29 is 17.9 Å². The molecule has 7 heteroatoms. The molecule has 0 radical (unpaired) electrons. The molecule has 6 nitrogen and oxygen atoms in total. The maximum absolute atomic E-state index is 12.4. The lowest BCUT2D eigenvalue weighted by molar-refractivity contribution is -0.140. The van der Waals surface area contributed by atoms with Gasteiger partial charge in [-0.1, -0.05) is 19.1 Å². The third-order valence-electron chi connectivity index (χ3n) is 3.85. The Kier molecular flexibility index (Phi) is 5.79. The lowest BCUT2D eigenvalue weighted by Gasteiger charge is -2.41. The summed E-state index contributed by atoms with van der Waals surface area (Å²) in [6.45, 7) is 7.64. The molecule has 1 amide bonds. The molecule has 0 spiro atoms. The van der Waals surface area contributed by atoms with Gasteiger partial charge in [-0.15, -0.1) is 0 Å². The number of ether oxygens (including phenoxy) is 1. The zero-order chi connectivity index (χ0) is 17.8. The minimum atomic E-state index is -3.45. The van der Waals surface area contributed by atoms with Crippen molar-refractivity contribution in [3.63, 3.8) is 0 Å². The Morgan fingerprint density at radius 2 is 2.00 bits per heavy atom. The van der Waals surface area contributed by atoms with E-state index < -0.39 is 10.0 Å². The number of sulfonamides is 1. The van der Waals surface area contributed by atoms with Crippen LogP contribution in [0.15, 0.2) is 35.2 Å². The third-order valence-corrected chi connectivity index (χ3v) is 5.42. The number of hydrogen-bond acceptors (Lipinski definition) is 4. The predicted octanol–water partition coefficient (Wildman–Crippen LogP) is 1.64. The van der Waals surface area contributed by atoms with Gasteiger partial charge in [0.15, 0.2) is 0 Å². The summed E-state index contributed by atoms with van der Waals surface area (Å²) in [4.78, 5) is 14.4. The Morgan fingerprint density at radius 1 is 1.33 bits per heavy atom. The fourth-order valence-electron chi connectivity index (χ4n) is 2.56. The number of amides is 1. The second-order valence-electron chi connectivity index (χ2n) is 6.26. The first-order chi connectivity index (χ1) is 11.3. The van der Waals surface area contributed by atoms with Crippen LogP contribution >= 0.6 is 0 Å². The number of nitrogens with zero attached hydrogens (tertiary/aromatic N) is 1. The lowest BCUT2D eigenvalue weighted by atomic mass is 10.0. The normalized spacial score (nSPS) is 18.0. The molecule has 0 atom stereocenters. The standard InChI is InChI=1S/C17H24N2O4S/c1-4-18-24(21,22)15-8-5-14(6-9-15)7-10-16(20)19-11-12-23-13-17(19,2)3/h5-10,18H,4,11-13H2,1-3H3/b10-7+. The highest BCUT2D eigenvalue weighted by Crippen LogP contribution is 2.19. The summed E-state index contributed by atoms with van der Waals surface area (Å²) in [5, 5.41) is 0. The number of benzene rings is 1. The number of hydrogen-bond donors (Lipinski definition) is 1. The van der Waals surface area contributed by atoms with E-state index >= 15 is 0 Å². The van der Waals surface area contributed by atoms with Crippen molar-refractivity contribution in [1.82, 2.24) is 9.62 Å². The first-order valence-corrected chi connectivity index (χ1v) is 9.42. The fraction of sp³-hybridized carbons (Fsp3) is 0.471. The number of morpholine rings is 1. The molecule has 1 N–H and O–H groups in total. The molecule has 0 aliphatic carbocycles. The first kappa shape index (κ1) is 18.6. The van der Waals surface area contributed by atoms with Crippen LogP contribution in [-0.2, 0) is 19.6 Å². The second-order valence-corrected chi connectivity index (χ2v) is 8.03. The summed E-state index contributed by atoms with van der Waals surface area (Å²) in [5.41, 5.74) is 0.438. The van der Waals surface area contributed by atoms with Crippen molar-refractivity contribution in [2.24, 2.45) is 0 Å². The zero-order valence-electron chi connectivity index (χ0n) is 14.3. The Hall–Kier alpha value is -1.70. The molecule has 1 fully saturated rings. The van der Waals surface area contributed by atoms with Gasteiger partial charge >= 0.3 is 0 Å². The van der Waals surface area contributed by atoms with Gasteiger partial charge in [-0.2, -0.15) is 0 Å². The van der Waals surface area contributed by atoms with Crippen LogP contribution in [0.3, 0.4) is 0 Å². The number of carbonyl (C=O) groups is 1. The highest BCUT2D eigenvalue weighted by atomic mass is 32.2. The van der Waals surface area contributed by atoms with Crippen molar-refractivity contribution in [2.45, 2.75) is 31.2 Å². The minimum Gasteiger partial charge on any atom is -0.377 e. The van der Waals surface area contributed by atoms with Gasteiger partial charge in [0.05, 0.1) is 23.6 Å². The van der Waals surface area contributed by atoms with Crippen LogP contribution in [0.4, 0.5) is 0 Å². The van der Waals surface area contributed by atoms with E-state index in [2.05, 4.69) is 4.72 Å². The van der Waals surface area contributed by atoms with Crippen LogP contribution in [0, 0.1) is 0 Å². The summed E-state index contributed by atoms with van der Waals surface area (Å²) in [5.74, 6) is -0.0763. The maximum Gasteiger partial charge on any atom is 0.247 e. The first-order valence-electron chi connectivity index (χ1n) is 7.93. The van der Waals surface area contributed by atoms with E-state index in [9.17, 15) is 13.2 Å². The summed E-state index contributed by atoms with van der Waals surface area (Å²) >= 11 is 0. The van der Waals surface area contributed by atoms with Crippen molar-refractivity contribution in [2.75, 3.05) is 26.3 Å². The molecular formula is C17H24N2O4S. The topological polar surface area (TPSA) is 75.7 Å². The number of nitrogens with one attached hydrogen (secondary N) is 1. The van der Waals surface area contributed by atoms with E-state index in [4.69, 9.17) is 4.74 Å². The molecule has 24 heavy (non-hydrogen) atoms. The van der Waals surface area contributed by atoms with Crippen LogP contribution in [0.5, 0.6) is 0 Å². The Labute approximate surface area is 143 Å². The molecule has 0 bridgehead atoms. The second kappa shape index (κ2) is 7.46. The monoisotopic (exact) mass is 352 g/mol. The van der Waals surface area contributed by atoms with E-state index in [1.54, 1.807) is 30.0 Å². The number of carbonyl (C=O) groups excluding carboxylic acids is 1. The Morgan fingerprint density at radius 3 is 2.58 bits per heavy atom. The zero-order valence-corrected chi connectivity index (χ0v) is 15.1. The molecule has 1 saturated heterocycles. The van der Waals surface area contributed by atoms with Gasteiger partial charge in [-0.3, -0.25) is 4.79 Å². The fourth-order valence-corrected chi connectivity index (χ4v) is 3.60. The molecule has 0 saturated carbocycles. The van der Waals surface area contributed by atoms with Gasteiger partial charge in [-0.25, -0.2) is 13.1 Å². The van der Waals surface area contributed by atoms with E-state index in [1.165, 1.54) is 18.2 Å². The molecule has 0 unspecified atom stereocenters. The third kappa shape index (κ3) is 4.43. The average Bonchev–Trinajstić information content (AvgIpc) is 2.52. The summed E-state index contributed by atoms with van der Waals surface area (Å²) in [6.07, 6.45) is 3.21. The van der Waals surface area contributed by atoms with Crippen molar-refractivity contribution in [3.8, 4) is 0 Å². The quantitative estimate of drug-likeness (QED) is 0.818. The molecule has 0 aromatic heterocycles. The summed E-state index contributed by atoms with van der Waals surface area (Å²) in [7, 11) is -3.45. The van der Waals surface area contributed by atoms with Crippen LogP contribution in [0.25, 0.3) is 6.08 Å². The maximum atomic E-state index is 12.4. The Balaban J connectivity index is 2.08. The van der Waals surface area contributed by atoms with Crippen LogP contribution in [0.2, 0.25) is 0 Å². The van der Waals surface area contributed by atoms with Gasteiger partial charge in [-0.05, 0) is 37.6 Å². The average molecular weight is 352 g/mol. The molecule has 1 aliphatic heterocycles. The van der Waals surface area contributed by atoms with Crippen LogP contribution < -0.4 is 4.72 Å². The Bertz CT molecular complexity index is 709. The highest BCUT2D eigenvalue weighted by molar-refractivity contribution is 7.89. The largest absolute Gasteiger partial charge is 0.377 e. The van der Waals surface area contributed by atoms with Crippen LogP contribution in [-0.4, -0.2) is 51.1 Å². The molecule has 1 aromatic rings. The predicted molar refractivity (Wildman–Crippen MR) is 92.9 cm³/mol. The van der Waals surface area contributed by atoms with Crippen LogP contribution in [0.1, 0.15) is 26.3 Å². The SMILES string of the molecule is CCNS(=O)(=O)c1ccc(/C=C/C(=O)N2CCOCC2(C)C)cc1. The molecule has 1 heterocycles. The van der Waals surface area contributed by atoms with Crippen molar-refractivity contribution in [1.29, 1.82) is 0 Å². The van der Waals surface area contributed by atoms with E-state index in [1.807, 2.05) is 13.8 Å². The van der Waals surface area contributed by atoms with Gasteiger partial charge in [0, 0.05) is 19.2 Å². The van der Waals surface area contributed by atoms with E-state index in [0.29, 0.717) is 26.3 Å². The molecule has 2 rings (SSSR count).